The molecular weight excluding hydrogens is 309 g/mol. The average Bonchev–Trinajstić information content (AvgIpc) is 2.94. The van der Waals surface area contributed by atoms with E-state index >= 15 is 0 Å². The van der Waals surface area contributed by atoms with Gasteiger partial charge in [0.25, 0.3) is 0 Å². The monoisotopic (exact) mass is 325 g/mol. The highest BCUT2D eigenvalue weighted by Crippen LogP contribution is 2.57. The Bertz CT molecular complexity index is 611. The zero-order valence-corrected chi connectivity index (χ0v) is 12.6. The highest BCUT2D eigenvalue weighted by Gasteiger charge is 2.56. The highest BCUT2D eigenvalue weighted by molar-refractivity contribution is 6.30. The van der Waals surface area contributed by atoms with Crippen LogP contribution in [0.1, 0.15) is 37.3 Å². The van der Waals surface area contributed by atoms with Gasteiger partial charge in [-0.3, -0.25) is 9.59 Å². The van der Waals surface area contributed by atoms with Crippen molar-refractivity contribution in [1.29, 1.82) is 0 Å². The van der Waals surface area contributed by atoms with Crippen LogP contribution in [0.5, 0.6) is 0 Å². The van der Waals surface area contributed by atoms with E-state index in [1.165, 1.54) is 18.6 Å². The maximum absolute atomic E-state index is 13.6. The number of amides is 1. The number of aliphatic carboxylic acids is 1. The van der Waals surface area contributed by atoms with Gasteiger partial charge in [-0.2, -0.15) is 0 Å². The lowest BCUT2D eigenvalue weighted by Crippen LogP contribution is -2.32. The second-order valence-corrected chi connectivity index (χ2v) is 6.52. The number of hydrogen-bond acceptors (Lipinski definition) is 2. The van der Waals surface area contributed by atoms with E-state index in [0.717, 1.165) is 12.8 Å². The van der Waals surface area contributed by atoms with Gasteiger partial charge in [-0.25, -0.2) is 4.39 Å². The molecule has 1 aromatic rings. The van der Waals surface area contributed by atoms with Crippen molar-refractivity contribution in [2.45, 2.75) is 31.7 Å². The Balaban J connectivity index is 1.73. The number of halogens is 2. The SMILES string of the molecule is O=C(O)CC(NC(=O)C1C2CCCC21)c1ccc(Cl)c(F)c1. The summed E-state index contributed by atoms with van der Waals surface area (Å²) in [7, 11) is 0. The van der Waals surface area contributed by atoms with Gasteiger partial charge in [-0.05, 0) is 42.4 Å². The normalized spacial score (nSPS) is 27.1. The summed E-state index contributed by atoms with van der Waals surface area (Å²) in [6.07, 6.45) is 3.03. The molecule has 0 aromatic heterocycles. The number of carbonyl (C=O) groups is 2. The molecule has 0 heterocycles. The minimum atomic E-state index is -1.04. The van der Waals surface area contributed by atoms with Crippen molar-refractivity contribution in [2.75, 3.05) is 0 Å². The lowest BCUT2D eigenvalue weighted by molar-refractivity contribution is -0.137. The van der Waals surface area contributed by atoms with Crippen LogP contribution in [0.3, 0.4) is 0 Å². The number of hydrogen-bond donors (Lipinski definition) is 2. The van der Waals surface area contributed by atoms with E-state index in [9.17, 15) is 14.0 Å². The van der Waals surface area contributed by atoms with Crippen molar-refractivity contribution in [3.63, 3.8) is 0 Å². The van der Waals surface area contributed by atoms with Crippen molar-refractivity contribution >= 4 is 23.5 Å². The molecule has 0 saturated heterocycles. The molecule has 6 heteroatoms. The van der Waals surface area contributed by atoms with Crippen LogP contribution in [-0.2, 0) is 9.59 Å². The second kappa shape index (κ2) is 5.88. The molecule has 1 aromatic carbocycles. The summed E-state index contributed by atoms with van der Waals surface area (Å²) in [5.74, 6) is -0.873. The van der Waals surface area contributed by atoms with E-state index in [1.54, 1.807) is 6.07 Å². The van der Waals surface area contributed by atoms with Gasteiger partial charge in [0.15, 0.2) is 0 Å². The summed E-state index contributed by atoms with van der Waals surface area (Å²) in [5.41, 5.74) is 0.420. The minimum absolute atomic E-state index is 0.00203. The molecule has 2 fully saturated rings. The van der Waals surface area contributed by atoms with Crippen molar-refractivity contribution in [1.82, 2.24) is 5.32 Å². The first-order valence-electron chi connectivity index (χ1n) is 7.44. The topological polar surface area (TPSA) is 66.4 Å². The van der Waals surface area contributed by atoms with Crippen LogP contribution < -0.4 is 5.32 Å². The Hall–Kier alpha value is -1.62. The van der Waals surface area contributed by atoms with Crippen LogP contribution in [-0.4, -0.2) is 17.0 Å². The largest absolute Gasteiger partial charge is 0.481 e. The maximum Gasteiger partial charge on any atom is 0.305 e. The lowest BCUT2D eigenvalue weighted by atomic mass is 10.0. The Labute approximate surface area is 132 Å². The summed E-state index contributed by atoms with van der Waals surface area (Å²) in [5, 5.41) is 11.8. The molecule has 1 amide bonds. The van der Waals surface area contributed by atoms with E-state index in [-0.39, 0.29) is 23.3 Å². The maximum atomic E-state index is 13.6. The summed E-state index contributed by atoms with van der Waals surface area (Å²) in [6.45, 7) is 0. The molecule has 4 nitrogen and oxygen atoms in total. The molecule has 0 radical (unpaired) electrons. The third-order valence-corrected chi connectivity index (χ3v) is 5.06. The van der Waals surface area contributed by atoms with Crippen molar-refractivity contribution in [2.24, 2.45) is 17.8 Å². The van der Waals surface area contributed by atoms with Gasteiger partial charge in [0.1, 0.15) is 5.82 Å². The number of carboxylic acids is 1. The summed E-state index contributed by atoms with van der Waals surface area (Å²) in [4.78, 5) is 23.3. The van der Waals surface area contributed by atoms with Crippen LogP contribution >= 0.6 is 11.6 Å². The number of carboxylic acid groups (broad SMARTS) is 1. The molecule has 3 unspecified atom stereocenters. The molecule has 0 aliphatic heterocycles. The molecule has 2 aliphatic carbocycles. The Morgan fingerprint density at radius 2 is 2.05 bits per heavy atom. The van der Waals surface area contributed by atoms with Crippen molar-refractivity contribution < 1.29 is 19.1 Å². The van der Waals surface area contributed by atoms with Crippen LogP contribution in [0, 0.1) is 23.6 Å². The zero-order valence-electron chi connectivity index (χ0n) is 11.9. The van der Waals surface area contributed by atoms with Crippen LogP contribution in [0.15, 0.2) is 18.2 Å². The van der Waals surface area contributed by atoms with Crippen molar-refractivity contribution in [3.8, 4) is 0 Å². The molecule has 3 rings (SSSR count). The predicted octanol–water partition coefficient (Wildman–Crippen LogP) is 3.16. The first kappa shape index (κ1) is 15.3. The number of benzene rings is 1. The number of carbonyl (C=O) groups excluding carboxylic acids is 1. The van der Waals surface area contributed by atoms with Crippen molar-refractivity contribution in [3.05, 3.63) is 34.6 Å². The summed E-state index contributed by atoms with van der Waals surface area (Å²) in [6, 6.07) is 3.37. The second-order valence-electron chi connectivity index (χ2n) is 6.12. The van der Waals surface area contributed by atoms with E-state index in [0.29, 0.717) is 17.4 Å². The van der Waals surface area contributed by atoms with E-state index < -0.39 is 17.8 Å². The highest BCUT2D eigenvalue weighted by atomic mass is 35.5. The van der Waals surface area contributed by atoms with Gasteiger partial charge >= 0.3 is 5.97 Å². The van der Waals surface area contributed by atoms with Gasteiger partial charge in [0, 0.05) is 5.92 Å². The number of fused-ring (bicyclic) bond motifs is 1. The average molecular weight is 326 g/mol. The van der Waals surface area contributed by atoms with Gasteiger partial charge in [0.2, 0.25) is 5.91 Å². The fourth-order valence-electron chi connectivity index (χ4n) is 3.63. The Morgan fingerprint density at radius 3 is 2.64 bits per heavy atom. The smallest absolute Gasteiger partial charge is 0.305 e. The molecular formula is C16H17ClFNO3. The predicted molar refractivity (Wildman–Crippen MR) is 78.9 cm³/mol. The summed E-state index contributed by atoms with van der Waals surface area (Å²) < 4.78 is 13.6. The third kappa shape index (κ3) is 2.95. The zero-order chi connectivity index (χ0) is 15.9. The third-order valence-electron chi connectivity index (χ3n) is 4.75. The minimum Gasteiger partial charge on any atom is -0.481 e. The van der Waals surface area contributed by atoms with Crippen LogP contribution in [0.2, 0.25) is 5.02 Å². The van der Waals surface area contributed by atoms with E-state index in [1.807, 2.05) is 0 Å². The quantitative estimate of drug-likeness (QED) is 0.874. The Kier molecular flexibility index (Phi) is 4.08. The lowest BCUT2D eigenvalue weighted by Gasteiger charge is -2.18. The van der Waals surface area contributed by atoms with E-state index in [2.05, 4.69) is 5.32 Å². The summed E-state index contributed by atoms with van der Waals surface area (Å²) >= 11 is 5.64. The van der Waals surface area contributed by atoms with Gasteiger partial charge in [-0.15, -0.1) is 0 Å². The molecule has 0 bridgehead atoms. The van der Waals surface area contributed by atoms with Crippen LogP contribution in [0.25, 0.3) is 0 Å². The fourth-order valence-corrected chi connectivity index (χ4v) is 3.75. The molecule has 3 atom stereocenters. The Morgan fingerprint density at radius 1 is 1.36 bits per heavy atom. The molecule has 2 N–H and O–H groups in total. The van der Waals surface area contributed by atoms with Gasteiger partial charge in [-0.1, -0.05) is 24.1 Å². The first-order chi connectivity index (χ1) is 10.5. The molecule has 118 valence electrons. The standard InChI is InChI=1S/C16H17ClFNO3/c17-11-5-4-8(6-12(11)18)13(7-14(20)21)19-16(22)15-9-2-1-3-10(9)15/h4-6,9-10,13,15H,1-3,7H2,(H,19,22)(H,20,21). The molecule has 22 heavy (non-hydrogen) atoms. The number of rotatable bonds is 5. The molecule has 2 aliphatic rings. The number of nitrogens with one attached hydrogen (secondary N) is 1. The van der Waals surface area contributed by atoms with Gasteiger partial charge < -0.3 is 10.4 Å². The molecule has 2 saturated carbocycles. The van der Waals surface area contributed by atoms with Crippen LogP contribution in [0.4, 0.5) is 4.39 Å². The first-order valence-corrected chi connectivity index (χ1v) is 7.82. The molecule has 0 spiro atoms. The van der Waals surface area contributed by atoms with E-state index in [4.69, 9.17) is 16.7 Å². The van der Waals surface area contributed by atoms with Gasteiger partial charge in [0.05, 0.1) is 17.5 Å². The fraction of sp³-hybridized carbons (Fsp3) is 0.500.